The number of amides is 1. The third-order valence-electron chi connectivity index (χ3n) is 5.24. The van der Waals surface area contributed by atoms with Crippen molar-refractivity contribution in [3.63, 3.8) is 0 Å². The average molecular weight is 510 g/mol. The molecule has 0 fully saturated rings. The van der Waals surface area contributed by atoms with Crippen LogP contribution in [0.1, 0.15) is 43.1 Å². The summed E-state index contributed by atoms with van der Waals surface area (Å²) in [6.07, 6.45) is 11.7. The minimum atomic E-state index is -0.778. The molecule has 0 saturated heterocycles. The van der Waals surface area contributed by atoms with Crippen molar-refractivity contribution in [2.75, 3.05) is 12.0 Å². The first kappa shape index (κ1) is 27.2. The molecule has 36 heavy (non-hydrogen) atoms. The van der Waals surface area contributed by atoms with E-state index < -0.39 is 17.6 Å². The van der Waals surface area contributed by atoms with E-state index in [1.165, 1.54) is 12.1 Å². The topological polar surface area (TPSA) is 73.2 Å². The number of benzene rings is 2. The van der Waals surface area contributed by atoms with Crippen molar-refractivity contribution in [2.45, 2.75) is 45.4 Å². The molecule has 0 aliphatic rings. The van der Waals surface area contributed by atoms with Gasteiger partial charge in [0.25, 0.3) is 5.91 Å². The number of hydrogen-bond donors (Lipinski definition) is 1. The third-order valence-corrected chi connectivity index (χ3v) is 5.88. The van der Waals surface area contributed by atoms with Gasteiger partial charge in [0.15, 0.2) is 0 Å². The molecule has 0 aliphatic carbocycles. The summed E-state index contributed by atoms with van der Waals surface area (Å²) in [5.41, 5.74) is 1.96. The van der Waals surface area contributed by atoms with Crippen molar-refractivity contribution in [1.29, 1.82) is 0 Å². The van der Waals surface area contributed by atoms with Gasteiger partial charge in [0, 0.05) is 24.5 Å². The molecule has 1 aromatic heterocycles. The van der Waals surface area contributed by atoms with Crippen LogP contribution in [0, 0.1) is 5.82 Å². The maximum absolute atomic E-state index is 13.6. The zero-order chi connectivity index (χ0) is 26.1. The summed E-state index contributed by atoms with van der Waals surface area (Å²) >= 11 is 1.59. The van der Waals surface area contributed by atoms with Crippen LogP contribution in [-0.2, 0) is 16.1 Å². The number of allylic oxidation sites excluding steroid dienone is 1. The van der Waals surface area contributed by atoms with Gasteiger partial charge in [-0.1, -0.05) is 30.4 Å². The summed E-state index contributed by atoms with van der Waals surface area (Å²) in [6.45, 7) is 6.04. The normalized spacial score (nSPS) is 12.5. The van der Waals surface area contributed by atoms with E-state index in [4.69, 9.17) is 4.74 Å². The lowest BCUT2D eigenvalue weighted by atomic mass is 9.96. The highest BCUT2D eigenvalue weighted by Crippen LogP contribution is 2.27. The lowest BCUT2D eigenvalue weighted by Crippen LogP contribution is -2.44. The summed E-state index contributed by atoms with van der Waals surface area (Å²) in [4.78, 5) is 30.2. The summed E-state index contributed by atoms with van der Waals surface area (Å²) in [5, 5.41) is 2.86. The second-order valence-corrected chi connectivity index (χ2v) is 10.3. The smallest absolute Gasteiger partial charge is 0.329 e. The van der Waals surface area contributed by atoms with E-state index in [1.807, 2.05) is 41.3 Å². The van der Waals surface area contributed by atoms with Crippen LogP contribution < -0.4 is 5.32 Å². The quantitative estimate of drug-likeness (QED) is 0.361. The number of ether oxygens (including phenoxy) is 1. The van der Waals surface area contributed by atoms with Gasteiger partial charge in [0.05, 0.1) is 6.33 Å². The van der Waals surface area contributed by atoms with Crippen molar-refractivity contribution in [3.05, 3.63) is 84.2 Å². The number of aromatic nitrogens is 2. The molecule has 0 saturated carbocycles. The molecule has 8 heteroatoms. The second kappa shape index (κ2) is 12.5. The highest BCUT2D eigenvalue weighted by Gasteiger charge is 2.27. The molecule has 1 heterocycles. The van der Waals surface area contributed by atoms with Crippen molar-refractivity contribution in [3.8, 4) is 11.1 Å². The molecule has 3 rings (SSSR count). The molecule has 0 radical (unpaired) electrons. The minimum Gasteiger partial charge on any atom is -0.458 e. The van der Waals surface area contributed by atoms with Crippen molar-refractivity contribution < 1.29 is 18.7 Å². The fourth-order valence-electron chi connectivity index (χ4n) is 3.53. The van der Waals surface area contributed by atoms with Gasteiger partial charge in [-0.2, -0.15) is 11.8 Å². The predicted octanol–water partition coefficient (Wildman–Crippen LogP) is 5.60. The Kier molecular flexibility index (Phi) is 9.47. The molecule has 0 unspecified atom stereocenters. The molecule has 6 nitrogen and oxygen atoms in total. The standard InChI is InChI=1S/C28H32FN3O3S/c1-28(2,3)35-27(34)25(13-17-36-4)31-26(33)23-12-7-20(6-5-15-32-16-14-30-19-32)18-24(23)21-8-10-22(29)11-9-21/h5-12,14,16,18-19,25H,13,15,17H2,1-4H3,(H,31,33)/t25-/m0/s1. The van der Waals surface area contributed by atoms with Crippen LogP contribution in [-0.4, -0.2) is 45.1 Å². The van der Waals surface area contributed by atoms with Gasteiger partial charge in [-0.05, 0) is 80.2 Å². The number of hydrogen-bond acceptors (Lipinski definition) is 5. The van der Waals surface area contributed by atoms with Gasteiger partial charge in [-0.15, -0.1) is 0 Å². The highest BCUT2D eigenvalue weighted by atomic mass is 32.2. The number of nitrogens with zero attached hydrogens (tertiary/aromatic N) is 2. The maximum Gasteiger partial charge on any atom is 0.329 e. The van der Waals surface area contributed by atoms with E-state index in [0.29, 0.717) is 35.4 Å². The number of nitrogens with one attached hydrogen (secondary N) is 1. The Hall–Kier alpha value is -3.39. The van der Waals surface area contributed by atoms with Crippen LogP contribution in [0.4, 0.5) is 4.39 Å². The minimum absolute atomic E-state index is 0.358. The van der Waals surface area contributed by atoms with E-state index in [9.17, 15) is 14.0 Å². The van der Waals surface area contributed by atoms with Gasteiger partial charge in [-0.3, -0.25) is 4.79 Å². The Labute approximate surface area is 216 Å². The van der Waals surface area contributed by atoms with Gasteiger partial charge < -0.3 is 14.6 Å². The first-order chi connectivity index (χ1) is 17.2. The Bertz CT molecular complexity index is 1190. The van der Waals surface area contributed by atoms with Crippen molar-refractivity contribution >= 4 is 29.7 Å². The zero-order valence-electron chi connectivity index (χ0n) is 21.0. The lowest BCUT2D eigenvalue weighted by Gasteiger charge is -2.25. The van der Waals surface area contributed by atoms with E-state index >= 15 is 0 Å². The zero-order valence-corrected chi connectivity index (χ0v) is 21.8. The fraction of sp³-hybridized carbons (Fsp3) is 0.321. The van der Waals surface area contributed by atoms with Crippen molar-refractivity contribution in [2.24, 2.45) is 0 Å². The molecule has 190 valence electrons. The molecule has 0 aliphatic heterocycles. The number of imidazole rings is 1. The van der Waals surface area contributed by atoms with Crippen LogP contribution >= 0.6 is 11.8 Å². The van der Waals surface area contributed by atoms with Crippen LogP contribution in [0.3, 0.4) is 0 Å². The first-order valence-corrected chi connectivity index (χ1v) is 13.1. The van der Waals surface area contributed by atoms with Crippen LogP contribution in [0.5, 0.6) is 0 Å². The van der Waals surface area contributed by atoms with Gasteiger partial charge in [0.2, 0.25) is 0 Å². The van der Waals surface area contributed by atoms with Gasteiger partial charge in [0.1, 0.15) is 17.5 Å². The van der Waals surface area contributed by atoms with E-state index in [2.05, 4.69) is 10.3 Å². The molecule has 0 spiro atoms. The van der Waals surface area contributed by atoms with Gasteiger partial charge >= 0.3 is 5.97 Å². The van der Waals surface area contributed by atoms with Crippen LogP contribution in [0.25, 0.3) is 17.2 Å². The van der Waals surface area contributed by atoms with Crippen LogP contribution in [0.15, 0.2) is 67.3 Å². The molecule has 1 atom stereocenters. The Morgan fingerprint density at radius 2 is 1.94 bits per heavy atom. The summed E-state index contributed by atoms with van der Waals surface area (Å²) in [5.74, 6) is -0.522. The van der Waals surface area contributed by atoms with E-state index in [-0.39, 0.29) is 11.7 Å². The van der Waals surface area contributed by atoms with Gasteiger partial charge in [-0.25, -0.2) is 14.2 Å². The number of carbonyl (C=O) groups is 2. The molecule has 3 aromatic rings. The average Bonchev–Trinajstić information content (AvgIpc) is 3.34. The highest BCUT2D eigenvalue weighted by molar-refractivity contribution is 7.98. The van der Waals surface area contributed by atoms with Crippen molar-refractivity contribution in [1.82, 2.24) is 14.9 Å². The number of halogens is 1. The number of thioether (sulfide) groups is 1. The number of esters is 1. The summed E-state index contributed by atoms with van der Waals surface area (Å²) < 4.78 is 21.1. The fourth-order valence-corrected chi connectivity index (χ4v) is 4.00. The molecule has 1 N–H and O–H groups in total. The van der Waals surface area contributed by atoms with E-state index in [1.54, 1.807) is 63.3 Å². The van der Waals surface area contributed by atoms with Crippen LogP contribution in [0.2, 0.25) is 0 Å². The molecule has 0 bridgehead atoms. The SMILES string of the molecule is CSCC[C@H](NC(=O)c1ccc(C=CCn2ccnc2)cc1-c1ccc(F)cc1)C(=O)OC(C)(C)C. The number of carbonyl (C=O) groups excluding carboxylic acids is 2. The molecular weight excluding hydrogens is 477 g/mol. The number of rotatable bonds is 10. The maximum atomic E-state index is 13.6. The Morgan fingerprint density at radius 1 is 1.19 bits per heavy atom. The Morgan fingerprint density at radius 3 is 2.58 bits per heavy atom. The Balaban J connectivity index is 1.89. The summed E-state index contributed by atoms with van der Waals surface area (Å²) in [6, 6.07) is 10.7. The molecule has 1 amide bonds. The summed E-state index contributed by atoms with van der Waals surface area (Å²) in [7, 11) is 0. The third kappa shape index (κ3) is 8.09. The largest absolute Gasteiger partial charge is 0.458 e. The lowest BCUT2D eigenvalue weighted by molar-refractivity contribution is -0.157. The monoisotopic (exact) mass is 509 g/mol. The second-order valence-electron chi connectivity index (χ2n) is 9.31. The predicted molar refractivity (Wildman–Crippen MR) is 143 cm³/mol. The first-order valence-electron chi connectivity index (χ1n) is 11.7. The molecular formula is C28H32FN3O3S. The molecule has 2 aromatic carbocycles. The van der Waals surface area contributed by atoms with E-state index in [0.717, 1.165) is 5.56 Å².